The lowest BCUT2D eigenvalue weighted by Gasteiger charge is -2.02. The molecule has 0 aliphatic carbocycles. The largest absolute Gasteiger partial charge is 0.294 e. The van der Waals surface area contributed by atoms with Crippen molar-refractivity contribution in [2.75, 3.05) is 0 Å². The van der Waals surface area contributed by atoms with Crippen LogP contribution in [-0.4, -0.2) is 5.78 Å². The third-order valence-corrected chi connectivity index (χ3v) is 4.92. The minimum Gasteiger partial charge on any atom is -0.294 e. The Hall–Kier alpha value is -0.350. The normalized spacial score (nSPS) is 10.5. The van der Waals surface area contributed by atoms with E-state index in [2.05, 4.69) is 15.9 Å². The highest BCUT2D eigenvalue weighted by Crippen LogP contribution is 2.26. The van der Waals surface area contributed by atoms with Crippen LogP contribution in [-0.2, 0) is 6.42 Å². The molecule has 17 heavy (non-hydrogen) atoms. The van der Waals surface area contributed by atoms with Crippen molar-refractivity contribution >= 4 is 56.3 Å². The molecular weight excluding hydrogens is 343 g/mol. The first-order valence-corrected chi connectivity index (χ1v) is 7.21. The lowest BCUT2D eigenvalue weighted by atomic mass is 10.1. The number of carbonyl (C=O) groups is 1. The molecule has 0 spiro atoms. The van der Waals surface area contributed by atoms with Crippen molar-refractivity contribution in [2.45, 2.75) is 6.42 Å². The average molecular weight is 350 g/mol. The zero-order valence-electron chi connectivity index (χ0n) is 8.54. The van der Waals surface area contributed by atoms with Gasteiger partial charge in [-0.05, 0) is 45.6 Å². The molecule has 0 unspecified atom stereocenters. The topological polar surface area (TPSA) is 17.1 Å². The Kier molecular flexibility index (Phi) is 4.26. The van der Waals surface area contributed by atoms with E-state index in [4.69, 9.17) is 23.2 Å². The molecule has 1 heterocycles. The second-order valence-electron chi connectivity index (χ2n) is 3.42. The van der Waals surface area contributed by atoms with Crippen molar-refractivity contribution < 1.29 is 4.79 Å². The van der Waals surface area contributed by atoms with E-state index in [9.17, 15) is 4.79 Å². The van der Waals surface area contributed by atoms with E-state index in [1.165, 1.54) is 0 Å². The molecule has 0 aliphatic heterocycles. The van der Waals surface area contributed by atoms with E-state index in [-0.39, 0.29) is 5.78 Å². The standard InChI is InChI=1S/C12H7BrCl2OS/c13-8-3-4-17-12(8)6-11(16)7-1-2-9(14)10(15)5-7/h1-5H,6H2. The van der Waals surface area contributed by atoms with Crippen LogP contribution in [0.15, 0.2) is 34.1 Å². The molecule has 2 rings (SSSR count). The van der Waals surface area contributed by atoms with E-state index in [1.807, 2.05) is 11.4 Å². The summed E-state index contributed by atoms with van der Waals surface area (Å²) in [6.07, 6.45) is 0.371. The highest BCUT2D eigenvalue weighted by molar-refractivity contribution is 9.10. The predicted octanol–water partition coefficient (Wildman–Crippen LogP) is 5.24. The smallest absolute Gasteiger partial charge is 0.168 e. The zero-order chi connectivity index (χ0) is 12.4. The number of carbonyl (C=O) groups excluding carboxylic acids is 1. The lowest BCUT2D eigenvalue weighted by Crippen LogP contribution is -2.02. The molecule has 0 atom stereocenters. The van der Waals surface area contributed by atoms with Gasteiger partial charge in [-0.3, -0.25) is 4.79 Å². The van der Waals surface area contributed by atoms with Crippen LogP contribution >= 0.6 is 50.5 Å². The molecule has 0 amide bonds. The summed E-state index contributed by atoms with van der Waals surface area (Å²) in [7, 11) is 0. The molecular formula is C12H7BrCl2OS. The van der Waals surface area contributed by atoms with Crippen LogP contribution in [0.5, 0.6) is 0 Å². The van der Waals surface area contributed by atoms with Crippen molar-refractivity contribution in [1.82, 2.24) is 0 Å². The van der Waals surface area contributed by atoms with Gasteiger partial charge in [0.25, 0.3) is 0 Å². The number of benzene rings is 1. The van der Waals surface area contributed by atoms with Crippen LogP contribution in [0.2, 0.25) is 10.0 Å². The Morgan fingerprint density at radius 3 is 2.59 bits per heavy atom. The van der Waals surface area contributed by atoms with Crippen molar-refractivity contribution in [1.29, 1.82) is 0 Å². The summed E-state index contributed by atoms with van der Waals surface area (Å²) in [5.41, 5.74) is 0.583. The van der Waals surface area contributed by atoms with E-state index in [0.29, 0.717) is 22.0 Å². The Morgan fingerprint density at radius 2 is 2.00 bits per heavy atom. The third-order valence-electron chi connectivity index (χ3n) is 2.25. The monoisotopic (exact) mass is 348 g/mol. The summed E-state index contributed by atoms with van der Waals surface area (Å²) in [5, 5.41) is 2.81. The second kappa shape index (κ2) is 5.53. The van der Waals surface area contributed by atoms with Gasteiger partial charge in [-0.25, -0.2) is 0 Å². The van der Waals surface area contributed by atoms with Gasteiger partial charge in [-0.15, -0.1) is 11.3 Å². The lowest BCUT2D eigenvalue weighted by molar-refractivity contribution is 0.0993. The summed E-state index contributed by atoms with van der Waals surface area (Å²) >= 11 is 16.6. The van der Waals surface area contributed by atoms with Crippen molar-refractivity contribution in [2.24, 2.45) is 0 Å². The van der Waals surface area contributed by atoms with Gasteiger partial charge in [0.1, 0.15) is 0 Å². The fourth-order valence-corrected chi connectivity index (χ4v) is 3.16. The van der Waals surface area contributed by atoms with Gasteiger partial charge < -0.3 is 0 Å². The molecule has 1 nitrogen and oxygen atoms in total. The second-order valence-corrected chi connectivity index (χ2v) is 6.09. The predicted molar refractivity (Wildman–Crippen MR) is 76.5 cm³/mol. The molecule has 88 valence electrons. The fraction of sp³-hybridized carbons (Fsp3) is 0.0833. The maximum atomic E-state index is 12.0. The SMILES string of the molecule is O=C(Cc1sccc1Br)c1ccc(Cl)c(Cl)c1. The van der Waals surface area contributed by atoms with Crippen LogP contribution in [0.1, 0.15) is 15.2 Å². The summed E-state index contributed by atoms with van der Waals surface area (Å²) in [4.78, 5) is 13.0. The Balaban J connectivity index is 2.20. The number of halogens is 3. The number of Topliss-reactive ketones (excluding diaryl/α,β-unsaturated/α-hetero) is 1. The number of hydrogen-bond donors (Lipinski definition) is 0. The van der Waals surface area contributed by atoms with Gasteiger partial charge in [0, 0.05) is 21.3 Å². The van der Waals surface area contributed by atoms with Gasteiger partial charge >= 0.3 is 0 Å². The maximum absolute atomic E-state index is 12.0. The van der Waals surface area contributed by atoms with Crippen LogP contribution in [0, 0.1) is 0 Å². The third kappa shape index (κ3) is 3.10. The number of rotatable bonds is 3. The molecule has 1 aromatic heterocycles. The fourth-order valence-electron chi connectivity index (χ4n) is 1.37. The molecule has 0 N–H and O–H groups in total. The van der Waals surface area contributed by atoms with Gasteiger partial charge in [-0.2, -0.15) is 0 Å². The number of hydrogen-bond acceptors (Lipinski definition) is 2. The molecule has 0 aliphatic rings. The highest BCUT2D eigenvalue weighted by Gasteiger charge is 2.11. The van der Waals surface area contributed by atoms with E-state index in [1.54, 1.807) is 29.5 Å². The highest BCUT2D eigenvalue weighted by atomic mass is 79.9. The first kappa shape index (κ1) is 13.1. The van der Waals surface area contributed by atoms with Crippen LogP contribution < -0.4 is 0 Å². The van der Waals surface area contributed by atoms with E-state index >= 15 is 0 Å². The average Bonchev–Trinajstić information content (AvgIpc) is 2.68. The van der Waals surface area contributed by atoms with Gasteiger partial charge in [0.05, 0.1) is 10.0 Å². The summed E-state index contributed by atoms with van der Waals surface area (Å²) in [6, 6.07) is 6.87. The summed E-state index contributed by atoms with van der Waals surface area (Å²) in [6.45, 7) is 0. The Morgan fingerprint density at radius 1 is 1.24 bits per heavy atom. The first-order chi connectivity index (χ1) is 8.08. The molecule has 1 aromatic carbocycles. The number of ketones is 1. The molecule has 0 saturated heterocycles. The molecule has 0 fully saturated rings. The quantitative estimate of drug-likeness (QED) is 0.692. The summed E-state index contributed by atoms with van der Waals surface area (Å²) < 4.78 is 0.968. The maximum Gasteiger partial charge on any atom is 0.168 e. The van der Waals surface area contributed by atoms with Crippen molar-refractivity contribution in [3.8, 4) is 0 Å². The number of thiophene rings is 1. The minimum atomic E-state index is 0.0340. The van der Waals surface area contributed by atoms with E-state index in [0.717, 1.165) is 9.35 Å². The van der Waals surface area contributed by atoms with Gasteiger partial charge in [-0.1, -0.05) is 23.2 Å². The Bertz CT molecular complexity index is 565. The van der Waals surface area contributed by atoms with Crippen LogP contribution in [0.25, 0.3) is 0 Å². The first-order valence-electron chi connectivity index (χ1n) is 4.78. The van der Waals surface area contributed by atoms with Gasteiger partial charge in [0.2, 0.25) is 0 Å². The van der Waals surface area contributed by atoms with E-state index < -0.39 is 0 Å². The van der Waals surface area contributed by atoms with Crippen LogP contribution in [0.4, 0.5) is 0 Å². The van der Waals surface area contributed by atoms with Gasteiger partial charge in [0.15, 0.2) is 5.78 Å². The molecule has 0 bridgehead atoms. The molecule has 2 aromatic rings. The molecule has 5 heteroatoms. The molecule has 0 saturated carbocycles. The van der Waals surface area contributed by atoms with Crippen molar-refractivity contribution in [3.63, 3.8) is 0 Å². The molecule has 0 radical (unpaired) electrons. The zero-order valence-corrected chi connectivity index (χ0v) is 12.5. The van der Waals surface area contributed by atoms with Crippen LogP contribution in [0.3, 0.4) is 0 Å². The summed E-state index contributed by atoms with van der Waals surface area (Å²) in [5.74, 6) is 0.0340. The minimum absolute atomic E-state index is 0.0340. The Labute approximate surface area is 121 Å². The van der Waals surface area contributed by atoms with Crippen molar-refractivity contribution in [3.05, 3.63) is 54.6 Å².